The van der Waals surface area contributed by atoms with Crippen molar-refractivity contribution in [3.63, 3.8) is 0 Å². The second-order valence-electron chi connectivity index (χ2n) is 7.12. The molecule has 2 saturated heterocycles. The Labute approximate surface area is 176 Å². The summed E-state index contributed by atoms with van der Waals surface area (Å²) in [4.78, 5) is 11.2. The Hall–Kier alpha value is -0.250. The van der Waals surface area contributed by atoms with Gasteiger partial charge in [0.2, 0.25) is 0 Å². The number of carbonyl (C=O) groups is 1. The first-order valence-electron chi connectivity index (χ1n) is 9.35. The summed E-state index contributed by atoms with van der Waals surface area (Å²) in [5.41, 5.74) is 0. The highest BCUT2D eigenvalue weighted by Gasteiger charge is 2.50. The van der Waals surface area contributed by atoms with Crippen molar-refractivity contribution >= 4 is 21.7 Å². The summed E-state index contributed by atoms with van der Waals surface area (Å²) in [5.74, 6) is -0.142. The lowest BCUT2D eigenvalue weighted by molar-refractivity contribution is -0.365. The van der Waals surface area contributed by atoms with Crippen molar-refractivity contribution in [2.75, 3.05) is 18.5 Å². The van der Waals surface area contributed by atoms with Gasteiger partial charge in [-0.3, -0.25) is 0 Å². The van der Waals surface area contributed by atoms with Gasteiger partial charge in [0.25, 0.3) is 0 Å². The number of alkyl halides is 1. The second-order valence-corrected chi connectivity index (χ2v) is 7.92. The van der Waals surface area contributed by atoms with Gasteiger partial charge in [-0.2, -0.15) is 0 Å². The maximum Gasteiger partial charge on any atom is 0.187 e. The molecule has 0 amide bonds. The molecule has 2 aliphatic rings. The van der Waals surface area contributed by atoms with Crippen LogP contribution in [0.1, 0.15) is 19.8 Å². The van der Waals surface area contributed by atoms with E-state index < -0.39 is 68.0 Å². The van der Waals surface area contributed by atoms with Crippen molar-refractivity contribution in [2.24, 2.45) is 0 Å². The number of ketones is 1. The minimum absolute atomic E-state index is 0.0836. The summed E-state index contributed by atoms with van der Waals surface area (Å²) in [7, 11) is 0. The van der Waals surface area contributed by atoms with Crippen molar-refractivity contribution in [1.29, 1.82) is 0 Å². The van der Waals surface area contributed by atoms with Gasteiger partial charge in [-0.05, 0) is 13.3 Å². The molecule has 2 rings (SSSR count). The Morgan fingerprint density at radius 1 is 0.931 bits per heavy atom. The first-order chi connectivity index (χ1) is 13.7. The molecule has 0 spiro atoms. The number of aliphatic hydroxyl groups excluding tert-OH is 6. The van der Waals surface area contributed by atoms with Crippen molar-refractivity contribution < 1.29 is 54.4 Å². The molecular formula is C17H29BrO11. The Bertz CT molecular complexity index is 524. The summed E-state index contributed by atoms with van der Waals surface area (Å²) < 4.78 is 22.0. The number of hydrogen-bond acceptors (Lipinski definition) is 11. The van der Waals surface area contributed by atoms with Gasteiger partial charge in [0.05, 0.1) is 19.3 Å². The van der Waals surface area contributed by atoms with E-state index in [4.69, 9.17) is 18.9 Å². The predicted molar refractivity (Wildman–Crippen MR) is 99.0 cm³/mol. The molecular weight excluding hydrogens is 460 g/mol. The van der Waals surface area contributed by atoms with Gasteiger partial charge < -0.3 is 54.4 Å². The van der Waals surface area contributed by atoms with Gasteiger partial charge in [0, 0.05) is 11.8 Å². The molecule has 170 valence electrons. The number of Topliss-reactive ketones (excluding diaryl/α,β-unsaturated/α-hetero) is 1. The molecule has 0 aromatic heterocycles. The van der Waals surface area contributed by atoms with E-state index in [1.807, 2.05) is 0 Å². The Morgan fingerprint density at radius 3 is 2.14 bits per heavy atom. The van der Waals surface area contributed by atoms with E-state index in [1.54, 1.807) is 0 Å². The molecule has 2 aliphatic heterocycles. The molecule has 29 heavy (non-hydrogen) atoms. The Kier molecular flexibility index (Phi) is 9.83. The number of halogens is 1. The van der Waals surface area contributed by atoms with E-state index in [-0.39, 0.29) is 25.2 Å². The summed E-state index contributed by atoms with van der Waals surface area (Å²) >= 11 is 3.18. The van der Waals surface area contributed by atoms with E-state index in [9.17, 15) is 35.4 Å². The van der Waals surface area contributed by atoms with Gasteiger partial charge in [-0.25, -0.2) is 0 Å². The minimum atomic E-state index is -1.67. The number of rotatable bonds is 9. The van der Waals surface area contributed by atoms with Crippen LogP contribution in [-0.4, -0.2) is 116 Å². The van der Waals surface area contributed by atoms with Gasteiger partial charge in [-0.1, -0.05) is 15.9 Å². The van der Waals surface area contributed by atoms with E-state index >= 15 is 0 Å². The van der Waals surface area contributed by atoms with Crippen molar-refractivity contribution in [2.45, 2.75) is 81.2 Å². The summed E-state index contributed by atoms with van der Waals surface area (Å²) in [6.45, 7) is 0.955. The number of ether oxygens (including phenoxy) is 4. The Morgan fingerprint density at radius 2 is 1.55 bits per heavy atom. The highest BCUT2D eigenvalue weighted by atomic mass is 79.9. The van der Waals surface area contributed by atoms with Crippen molar-refractivity contribution in [3.05, 3.63) is 0 Å². The Balaban J connectivity index is 2.14. The molecule has 0 saturated carbocycles. The highest BCUT2D eigenvalue weighted by Crippen LogP contribution is 2.30. The minimum Gasteiger partial charge on any atom is -0.394 e. The van der Waals surface area contributed by atoms with Crippen molar-refractivity contribution in [1.82, 2.24) is 0 Å². The van der Waals surface area contributed by atoms with Crippen LogP contribution in [0.4, 0.5) is 0 Å². The topological polar surface area (TPSA) is 175 Å². The van der Waals surface area contributed by atoms with E-state index in [0.29, 0.717) is 5.33 Å². The molecule has 11 nitrogen and oxygen atoms in total. The fourth-order valence-corrected chi connectivity index (χ4v) is 3.45. The van der Waals surface area contributed by atoms with Crippen molar-refractivity contribution in [3.8, 4) is 0 Å². The maximum absolute atomic E-state index is 11.2. The zero-order chi connectivity index (χ0) is 21.7. The highest BCUT2D eigenvalue weighted by molar-refractivity contribution is 9.09. The van der Waals surface area contributed by atoms with E-state index in [2.05, 4.69) is 15.9 Å². The van der Waals surface area contributed by atoms with Crippen LogP contribution in [0.15, 0.2) is 0 Å². The van der Waals surface area contributed by atoms with Crippen LogP contribution in [0.2, 0.25) is 0 Å². The average Bonchev–Trinajstić information content (AvgIpc) is 2.69. The molecule has 0 aliphatic carbocycles. The molecule has 2 fully saturated rings. The van der Waals surface area contributed by atoms with Crippen LogP contribution in [0, 0.1) is 0 Å². The van der Waals surface area contributed by atoms with Gasteiger partial charge in [0.1, 0.15) is 48.5 Å². The van der Waals surface area contributed by atoms with Gasteiger partial charge >= 0.3 is 0 Å². The standard InChI is InChI=1S/C17H29BrO11/c1-7(20)2-3-8-10(21)12(23)14(25)16(27-8)29-15-13(24)11(22)9(6-19)28-17(15)26-5-4-18/h8-17,19,21-25H,2-6H2,1H3/t8?,9?,10-,11-,12+,13+,14?,15?,16-,17+/m1/s1. The average molecular weight is 489 g/mol. The molecule has 0 radical (unpaired) electrons. The van der Waals surface area contributed by atoms with Crippen LogP contribution < -0.4 is 0 Å². The van der Waals surface area contributed by atoms with Gasteiger partial charge in [-0.15, -0.1) is 0 Å². The zero-order valence-electron chi connectivity index (χ0n) is 15.9. The molecule has 0 bridgehead atoms. The normalized spacial score (nSPS) is 43.3. The number of aliphatic hydroxyl groups is 6. The third kappa shape index (κ3) is 6.14. The summed E-state index contributed by atoms with van der Waals surface area (Å²) in [5, 5.41) is 60.8. The quantitative estimate of drug-likeness (QED) is 0.187. The lowest BCUT2D eigenvalue weighted by atomic mass is 9.95. The molecule has 4 unspecified atom stereocenters. The lowest BCUT2D eigenvalue weighted by Crippen LogP contribution is -2.64. The first-order valence-corrected chi connectivity index (χ1v) is 10.5. The van der Waals surface area contributed by atoms with Crippen LogP contribution in [0.5, 0.6) is 0 Å². The molecule has 2 heterocycles. The SMILES string of the molecule is CC(=O)CCC1O[C@H](OC2[C@@H](OCCBr)OC(CO)[C@@H](O)[C@@H]2O)C(O)[C@@H](O)[C@@H]1O. The molecule has 6 N–H and O–H groups in total. The summed E-state index contributed by atoms with van der Waals surface area (Å²) in [6, 6.07) is 0. The third-order valence-electron chi connectivity index (χ3n) is 4.92. The van der Waals surface area contributed by atoms with Gasteiger partial charge in [0.15, 0.2) is 12.6 Å². The molecule has 12 heteroatoms. The lowest BCUT2D eigenvalue weighted by Gasteiger charge is -2.46. The van der Waals surface area contributed by atoms with E-state index in [1.165, 1.54) is 6.92 Å². The number of hydrogen-bond donors (Lipinski definition) is 6. The van der Waals surface area contributed by atoms with E-state index in [0.717, 1.165) is 0 Å². The molecule has 10 atom stereocenters. The smallest absolute Gasteiger partial charge is 0.187 e. The number of carbonyl (C=O) groups excluding carboxylic acids is 1. The monoisotopic (exact) mass is 488 g/mol. The fourth-order valence-electron chi connectivity index (χ4n) is 3.26. The maximum atomic E-state index is 11.2. The molecule has 0 aromatic rings. The van der Waals surface area contributed by atoms with Crippen LogP contribution in [-0.2, 0) is 23.7 Å². The zero-order valence-corrected chi connectivity index (χ0v) is 17.5. The first kappa shape index (κ1) is 25.0. The van der Waals surface area contributed by atoms with Crippen LogP contribution in [0.25, 0.3) is 0 Å². The third-order valence-corrected chi connectivity index (χ3v) is 5.25. The largest absolute Gasteiger partial charge is 0.394 e. The molecule has 0 aromatic carbocycles. The predicted octanol–water partition coefficient (Wildman–Crippen LogP) is -2.60. The van der Waals surface area contributed by atoms with Crippen LogP contribution >= 0.6 is 15.9 Å². The van der Waals surface area contributed by atoms with Crippen LogP contribution in [0.3, 0.4) is 0 Å². The second kappa shape index (κ2) is 11.4. The fraction of sp³-hybridized carbons (Fsp3) is 0.941. The summed E-state index contributed by atoms with van der Waals surface area (Å²) in [6.07, 6.45) is -13.8.